The second-order valence-electron chi connectivity index (χ2n) is 3.76. The quantitative estimate of drug-likeness (QED) is 0.661. The molecule has 2 unspecified atom stereocenters. The Morgan fingerprint density at radius 1 is 1.56 bits per heavy atom. The van der Waals surface area contributed by atoms with Gasteiger partial charge in [0.05, 0.1) is 12.6 Å². The highest BCUT2D eigenvalue weighted by molar-refractivity contribution is 5.44. The Morgan fingerprint density at radius 2 is 2.38 bits per heavy atom. The van der Waals surface area contributed by atoms with Crippen LogP contribution in [0.2, 0.25) is 0 Å². The van der Waals surface area contributed by atoms with Gasteiger partial charge in [-0.25, -0.2) is 0 Å². The van der Waals surface area contributed by atoms with Gasteiger partial charge in [-0.15, -0.1) is 0 Å². The second kappa shape index (κ2) is 4.69. The summed E-state index contributed by atoms with van der Waals surface area (Å²) in [5.74, 6) is 1.32. The molecule has 0 saturated heterocycles. The molecule has 0 aliphatic carbocycles. The molecule has 1 aromatic rings. The predicted octanol–water partition coefficient (Wildman–Crippen LogP) is -0.189. The molecule has 0 amide bonds. The van der Waals surface area contributed by atoms with Crippen LogP contribution in [0.1, 0.15) is 11.6 Å². The minimum Gasteiger partial charge on any atom is -0.491 e. The van der Waals surface area contributed by atoms with Crippen molar-refractivity contribution in [1.82, 2.24) is 0 Å². The normalized spacial score (nSPS) is 20.1. The summed E-state index contributed by atoms with van der Waals surface area (Å²) in [7, 11) is 0. The highest BCUT2D eigenvalue weighted by atomic mass is 16.5. The number of fused-ring (bicyclic) bond motifs is 1. The third kappa shape index (κ3) is 2.27. The van der Waals surface area contributed by atoms with Crippen molar-refractivity contribution in [2.45, 2.75) is 12.1 Å². The zero-order valence-electron chi connectivity index (χ0n) is 8.80. The van der Waals surface area contributed by atoms with Crippen molar-refractivity contribution in [2.24, 2.45) is 5.73 Å². The smallest absolute Gasteiger partial charge is 0.127 e. The number of hydrogen-bond acceptors (Lipinski definition) is 5. The van der Waals surface area contributed by atoms with E-state index in [2.05, 4.69) is 0 Å². The average molecular weight is 225 g/mol. The fraction of sp³-hybridized carbons (Fsp3) is 0.455. The Bertz CT molecular complexity index is 369. The lowest BCUT2D eigenvalue weighted by Crippen LogP contribution is -2.21. The van der Waals surface area contributed by atoms with Crippen molar-refractivity contribution < 1.29 is 19.7 Å². The first kappa shape index (κ1) is 11.2. The van der Waals surface area contributed by atoms with Crippen LogP contribution >= 0.6 is 0 Å². The maximum Gasteiger partial charge on any atom is 0.127 e. The Hall–Kier alpha value is -1.30. The molecule has 2 rings (SSSR count). The predicted molar refractivity (Wildman–Crippen MR) is 57.5 cm³/mol. The van der Waals surface area contributed by atoms with Crippen molar-refractivity contribution in [3.63, 3.8) is 0 Å². The maximum absolute atomic E-state index is 9.13. The van der Waals surface area contributed by atoms with Gasteiger partial charge in [0.15, 0.2) is 0 Å². The van der Waals surface area contributed by atoms with Gasteiger partial charge in [0.25, 0.3) is 0 Å². The molecule has 2 atom stereocenters. The highest BCUT2D eigenvalue weighted by Crippen LogP contribution is 2.33. The third-order valence-electron chi connectivity index (χ3n) is 2.46. The van der Waals surface area contributed by atoms with Crippen molar-refractivity contribution in [2.75, 3.05) is 19.8 Å². The van der Waals surface area contributed by atoms with Crippen LogP contribution in [0.3, 0.4) is 0 Å². The van der Waals surface area contributed by atoms with Gasteiger partial charge in [-0.1, -0.05) is 0 Å². The lowest BCUT2D eigenvalue weighted by Gasteiger charge is -2.10. The van der Waals surface area contributed by atoms with E-state index in [1.165, 1.54) is 0 Å². The minimum atomic E-state index is -0.864. The van der Waals surface area contributed by atoms with Crippen LogP contribution in [0.15, 0.2) is 18.2 Å². The topological polar surface area (TPSA) is 84.9 Å². The number of hydrogen-bond donors (Lipinski definition) is 3. The summed E-state index contributed by atoms with van der Waals surface area (Å²) in [4.78, 5) is 0. The molecule has 88 valence electrons. The summed E-state index contributed by atoms with van der Waals surface area (Å²) in [5.41, 5.74) is 6.77. The van der Waals surface area contributed by atoms with Gasteiger partial charge in [-0.05, 0) is 12.1 Å². The molecular weight excluding hydrogens is 210 g/mol. The highest BCUT2D eigenvalue weighted by Gasteiger charge is 2.20. The molecule has 5 heteroatoms. The summed E-state index contributed by atoms with van der Waals surface area (Å²) in [6, 6.07) is 5.30. The van der Waals surface area contributed by atoms with Crippen LogP contribution in [0.5, 0.6) is 11.5 Å². The van der Waals surface area contributed by atoms with Crippen LogP contribution in [0, 0.1) is 0 Å². The standard InChI is InChI=1S/C11H15NO4/c12-10-6-16-11-3-8(1-2-9(10)11)15-5-7(14)4-13/h1-3,7,10,13-14H,4-6,12H2. The van der Waals surface area contributed by atoms with Crippen LogP contribution in [-0.2, 0) is 0 Å². The largest absolute Gasteiger partial charge is 0.491 e. The zero-order valence-corrected chi connectivity index (χ0v) is 8.80. The second-order valence-corrected chi connectivity index (χ2v) is 3.76. The first-order valence-electron chi connectivity index (χ1n) is 5.14. The third-order valence-corrected chi connectivity index (χ3v) is 2.46. The zero-order chi connectivity index (χ0) is 11.5. The van der Waals surface area contributed by atoms with E-state index in [0.29, 0.717) is 12.4 Å². The van der Waals surface area contributed by atoms with E-state index in [0.717, 1.165) is 11.3 Å². The molecule has 0 fully saturated rings. The first-order chi connectivity index (χ1) is 7.70. The molecule has 16 heavy (non-hydrogen) atoms. The molecule has 1 heterocycles. The molecule has 0 radical (unpaired) electrons. The Kier molecular flexibility index (Phi) is 3.28. The Morgan fingerprint density at radius 3 is 3.12 bits per heavy atom. The van der Waals surface area contributed by atoms with Crippen molar-refractivity contribution in [1.29, 1.82) is 0 Å². The minimum absolute atomic E-state index is 0.0569. The Balaban J connectivity index is 2.02. The summed E-state index contributed by atoms with van der Waals surface area (Å²) in [6.45, 7) is 0.228. The molecule has 0 aromatic heterocycles. The van der Waals surface area contributed by atoms with Crippen LogP contribution in [-0.4, -0.2) is 36.1 Å². The maximum atomic E-state index is 9.13. The van der Waals surface area contributed by atoms with E-state index in [4.69, 9.17) is 25.4 Å². The van der Waals surface area contributed by atoms with Crippen LogP contribution in [0.4, 0.5) is 0 Å². The van der Waals surface area contributed by atoms with Gasteiger partial charge in [0.1, 0.15) is 30.8 Å². The summed E-state index contributed by atoms with van der Waals surface area (Å²) < 4.78 is 10.7. The van der Waals surface area contributed by atoms with E-state index in [-0.39, 0.29) is 19.3 Å². The summed E-state index contributed by atoms with van der Waals surface area (Å²) in [5, 5.41) is 17.8. The molecule has 0 spiro atoms. The molecule has 0 saturated carbocycles. The van der Waals surface area contributed by atoms with E-state index >= 15 is 0 Å². The number of ether oxygens (including phenoxy) is 2. The lowest BCUT2D eigenvalue weighted by atomic mass is 10.1. The molecule has 1 aromatic carbocycles. The molecule has 5 nitrogen and oxygen atoms in total. The van der Waals surface area contributed by atoms with Gasteiger partial charge in [-0.3, -0.25) is 0 Å². The Labute approximate surface area is 93.4 Å². The van der Waals surface area contributed by atoms with E-state index in [1.807, 2.05) is 6.07 Å². The molecule has 0 bridgehead atoms. The number of aliphatic hydroxyl groups excluding tert-OH is 2. The molecule has 1 aliphatic heterocycles. The average Bonchev–Trinajstić information content (AvgIpc) is 2.67. The lowest BCUT2D eigenvalue weighted by molar-refractivity contribution is 0.0535. The van der Waals surface area contributed by atoms with E-state index in [1.54, 1.807) is 12.1 Å². The van der Waals surface area contributed by atoms with Gasteiger partial charge in [0, 0.05) is 11.6 Å². The van der Waals surface area contributed by atoms with Gasteiger partial charge < -0.3 is 25.4 Å². The van der Waals surface area contributed by atoms with Gasteiger partial charge in [-0.2, -0.15) is 0 Å². The molecular formula is C11H15NO4. The van der Waals surface area contributed by atoms with Crippen molar-refractivity contribution >= 4 is 0 Å². The van der Waals surface area contributed by atoms with Crippen molar-refractivity contribution in [3.05, 3.63) is 23.8 Å². The number of aliphatic hydroxyl groups is 2. The first-order valence-corrected chi connectivity index (χ1v) is 5.14. The van der Waals surface area contributed by atoms with Crippen LogP contribution < -0.4 is 15.2 Å². The number of nitrogens with two attached hydrogens (primary N) is 1. The monoisotopic (exact) mass is 225 g/mol. The molecule has 1 aliphatic rings. The van der Waals surface area contributed by atoms with Crippen molar-refractivity contribution in [3.8, 4) is 11.5 Å². The van der Waals surface area contributed by atoms with E-state index < -0.39 is 6.10 Å². The SMILES string of the molecule is NC1COc2cc(OCC(O)CO)ccc21. The number of rotatable bonds is 4. The van der Waals surface area contributed by atoms with Crippen LogP contribution in [0.25, 0.3) is 0 Å². The fourth-order valence-electron chi connectivity index (χ4n) is 1.55. The number of benzene rings is 1. The summed E-state index contributed by atoms with van der Waals surface area (Å²) >= 11 is 0. The van der Waals surface area contributed by atoms with Gasteiger partial charge >= 0.3 is 0 Å². The fourth-order valence-corrected chi connectivity index (χ4v) is 1.55. The van der Waals surface area contributed by atoms with E-state index in [9.17, 15) is 0 Å². The summed E-state index contributed by atoms with van der Waals surface area (Å²) in [6.07, 6.45) is -0.864. The molecule has 4 N–H and O–H groups in total. The van der Waals surface area contributed by atoms with Gasteiger partial charge in [0.2, 0.25) is 0 Å².